The van der Waals surface area contributed by atoms with E-state index in [-0.39, 0.29) is 5.75 Å². The molecule has 2 rings (SSSR count). The molecule has 0 aliphatic rings. The maximum Gasteiger partial charge on any atom is 0.144 e. The molecule has 0 atom stereocenters. The van der Waals surface area contributed by atoms with Gasteiger partial charge in [-0.1, -0.05) is 30.3 Å². The Labute approximate surface area is 82.9 Å². The molecule has 2 heteroatoms. The number of aryl methyl sites for hydroxylation is 1. The van der Waals surface area contributed by atoms with Gasteiger partial charge in [0.15, 0.2) is 0 Å². The molecule has 0 amide bonds. The van der Waals surface area contributed by atoms with Crippen LogP contribution in [-0.2, 0) is 0 Å². The van der Waals surface area contributed by atoms with E-state index in [2.05, 4.69) is 4.98 Å². The first kappa shape index (κ1) is 8.75. The highest BCUT2D eigenvalue weighted by molar-refractivity contribution is 5.67. The summed E-state index contributed by atoms with van der Waals surface area (Å²) in [6.45, 7) is 1.86. The molecule has 1 aromatic heterocycles. The third kappa shape index (κ3) is 1.46. The molecular formula is C12H11NO. The minimum Gasteiger partial charge on any atom is -0.505 e. The van der Waals surface area contributed by atoms with Crippen LogP contribution in [0.3, 0.4) is 0 Å². The second kappa shape index (κ2) is 3.50. The molecule has 1 heterocycles. The molecule has 0 aliphatic heterocycles. The average molecular weight is 185 g/mol. The van der Waals surface area contributed by atoms with E-state index >= 15 is 0 Å². The van der Waals surface area contributed by atoms with Gasteiger partial charge in [0.05, 0.1) is 0 Å². The van der Waals surface area contributed by atoms with Crippen molar-refractivity contribution in [1.29, 1.82) is 0 Å². The van der Waals surface area contributed by atoms with Crippen LogP contribution < -0.4 is 0 Å². The Morgan fingerprint density at radius 1 is 1.07 bits per heavy atom. The molecule has 0 bridgehead atoms. The fourth-order valence-corrected chi connectivity index (χ4v) is 1.36. The zero-order valence-corrected chi connectivity index (χ0v) is 7.94. The van der Waals surface area contributed by atoms with Crippen LogP contribution in [0.25, 0.3) is 11.3 Å². The van der Waals surface area contributed by atoms with Crippen LogP contribution in [0.2, 0.25) is 0 Å². The van der Waals surface area contributed by atoms with Gasteiger partial charge in [0.2, 0.25) is 0 Å². The normalized spacial score (nSPS) is 10.1. The summed E-state index contributed by atoms with van der Waals surface area (Å²) in [5.74, 6) is 0.263. The standard InChI is InChI=1S/C12H11NO/c1-9-7-8-13-11(12(9)14)10-5-3-2-4-6-10/h2-8,14H,1H3. The van der Waals surface area contributed by atoms with Crippen LogP contribution in [0.4, 0.5) is 0 Å². The van der Waals surface area contributed by atoms with Crippen LogP contribution in [0, 0.1) is 6.92 Å². The molecule has 0 unspecified atom stereocenters. The molecule has 0 spiro atoms. The molecule has 14 heavy (non-hydrogen) atoms. The zero-order valence-electron chi connectivity index (χ0n) is 7.94. The summed E-state index contributed by atoms with van der Waals surface area (Å²) in [4.78, 5) is 4.16. The molecule has 70 valence electrons. The van der Waals surface area contributed by atoms with Crippen LogP contribution in [0.15, 0.2) is 42.6 Å². The zero-order chi connectivity index (χ0) is 9.97. The monoisotopic (exact) mass is 185 g/mol. The molecule has 0 radical (unpaired) electrons. The number of aromatic nitrogens is 1. The molecule has 0 fully saturated rings. The summed E-state index contributed by atoms with van der Waals surface area (Å²) in [6, 6.07) is 11.5. The number of aromatic hydroxyl groups is 1. The lowest BCUT2D eigenvalue weighted by molar-refractivity contribution is 0.471. The lowest BCUT2D eigenvalue weighted by atomic mass is 10.1. The molecule has 1 N–H and O–H groups in total. The molecule has 0 saturated carbocycles. The Hall–Kier alpha value is -1.83. The number of benzene rings is 1. The van der Waals surface area contributed by atoms with Gasteiger partial charge >= 0.3 is 0 Å². The maximum absolute atomic E-state index is 9.79. The maximum atomic E-state index is 9.79. The minimum atomic E-state index is 0.263. The molecule has 2 nitrogen and oxygen atoms in total. The first-order chi connectivity index (χ1) is 6.79. The van der Waals surface area contributed by atoms with Crippen molar-refractivity contribution in [2.24, 2.45) is 0 Å². The van der Waals surface area contributed by atoms with E-state index < -0.39 is 0 Å². The highest BCUT2D eigenvalue weighted by atomic mass is 16.3. The van der Waals surface area contributed by atoms with Gasteiger partial charge in [-0.3, -0.25) is 4.98 Å². The Kier molecular flexibility index (Phi) is 2.19. The number of hydrogen-bond acceptors (Lipinski definition) is 2. The molecule has 1 aromatic carbocycles. The lowest BCUT2D eigenvalue weighted by Crippen LogP contribution is -1.85. The Morgan fingerprint density at radius 2 is 1.79 bits per heavy atom. The summed E-state index contributed by atoms with van der Waals surface area (Å²) < 4.78 is 0. The predicted molar refractivity (Wildman–Crippen MR) is 56.1 cm³/mol. The number of rotatable bonds is 1. The number of nitrogens with zero attached hydrogens (tertiary/aromatic N) is 1. The third-order valence-electron chi connectivity index (χ3n) is 2.17. The fraction of sp³-hybridized carbons (Fsp3) is 0.0833. The number of pyridine rings is 1. The van der Waals surface area contributed by atoms with Gasteiger partial charge in [-0.15, -0.1) is 0 Å². The Balaban J connectivity index is 2.58. The Morgan fingerprint density at radius 3 is 2.50 bits per heavy atom. The molecule has 2 aromatic rings. The van der Waals surface area contributed by atoms with Crippen molar-refractivity contribution >= 4 is 0 Å². The summed E-state index contributed by atoms with van der Waals surface area (Å²) in [5.41, 5.74) is 2.43. The van der Waals surface area contributed by atoms with E-state index in [9.17, 15) is 5.11 Å². The number of hydrogen-bond donors (Lipinski definition) is 1. The summed E-state index contributed by atoms with van der Waals surface area (Å²) >= 11 is 0. The van der Waals surface area contributed by atoms with Gasteiger partial charge < -0.3 is 5.11 Å². The van der Waals surface area contributed by atoms with Crippen molar-refractivity contribution in [3.63, 3.8) is 0 Å². The van der Waals surface area contributed by atoms with Crippen molar-refractivity contribution in [2.45, 2.75) is 6.92 Å². The van der Waals surface area contributed by atoms with Gasteiger partial charge in [0, 0.05) is 11.8 Å². The van der Waals surface area contributed by atoms with Crippen LogP contribution in [-0.4, -0.2) is 10.1 Å². The largest absolute Gasteiger partial charge is 0.505 e. The van der Waals surface area contributed by atoms with E-state index in [4.69, 9.17) is 0 Å². The molecular weight excluding hydrogens is 174 g/mol. The van der Waals surface area contributed by atoms with Crippen LogP contribution >= 0.6 is 0 Å². The van der Waals surface area contributed by atoms with E-state index in [1.807, 2.05) is 37.3 Å². The third-order valence-corrected chi connectivity index (χ3v) is 2.17. The van der Waals surface area contributed by atoms with Crippen LogP contribution in [0.5, 0.6) is 5.75 Å². The first-order valence-corrected chi connectivity index (χ1v) is 4.49. The predicted octanol–water partition coefficient (Wildman–Crippen LogP) is 2.76. The van der Waals surface area contributed by atoms with Gasteiger partial charge in [-0.2, -0.15) is 0 Å². The summed E-state index contributed by atoms with van der Waals surface area (Å²) in [5, 5.41) is 9.79. The van der Waals surface area contributed by atoms with Gasteiger partial charge in [-0.05, 0) is 18.6 Å². The van der Waals surface area contributed by atoms with Gasteiger partial charge in [-0.25, -0.2) is 0 Å². The van der Waals surface area contributed by atoms with E-state index in [1.54, 1.807) is 12.3 Å². The quantitative estimate of drug-likeness (QED) is 0.741. The Bertz CT molecular complexity index is 437. The van der Waals surface area contributed by atoms with E-state index in [0.29, 0.717) is 5.69 Å². The average Bonchev–Trinajstić information content (AvgIpc) is 2.23. The minimum absolute atomic E-state index is 0.263. The first-order valence-electron chi connectivity index (χ1n) is 4.49. The smallest absolute Gasteiger partial charge is 0.144 e. The summed E-state index contributed by atoms with van der Waals surface area (Å²) in [6.07, 6.45) is 1.71. The van der Waals surface area contributed by atoms with Crippen molar-refractivity contribution in [3.05, 3.63) is 48.2 Å². The van der Waals surface area contributed by atoms with E-state index in [0.717, 1.165) is 11.1 Å². The van der Waals surface area contributed by atoms with Crippen LogP contribution in [0.1, 0.15) is 5.56 Å². The fourth-order valence-electron chi connectivity index (χ4n) is 1.36. The van der Waals surface area contributed by atoms with Crippen molar-refractivity contribution in [1.82, 2.24) is 4.98 Å². The van der Waals surface area contributed by atoms with Crippen molar-refractivity contribution in [3.8, 4) is 17.0 Å². The van der Waals surface area contributed by atoms with Crippen molar-refractivity contribution < 1.29 is 5.11 Å². The highest BCUT2D eigenvalue weighted by Gasteiger charge is 2.06. The van der Waals surface area contributed by atoms with Gasteiger partial charge in [0.1, 0.15) is 11.4 Å². The van der Waals surface area contributed by atoms with Gasteiger partial charge in [0.25, 0.3) is 0 Å². The molecule has 0 aliphatic carbocycles. The second-order valence-corrected chi connectivity index (χ2v) is 3.19. The lowest BCUT2D eigenvalue weighted by Gasteiger charge is -2.05. The van der Waals surface area contributed by atoms with Crippen molar-refractivity contribution in [2.75, 3.05) is 0 Å². The SMILES string of the molecule is Cc1ccnc(-c2ccccc2)c1O. The molecule has 0 saturated heterocycles. The van der Waals surface area contributed by atoms with E-state index in [1.165, 1.54) is 0 Å². The highest BCUT2D eigenvalue weighted by Crippen LogP contribution is 2.28. The summed E-state index contributed by atoms with van der Waals surface area (Å²) in [7, 11) is 0. The second-order valence-electron chi connectivity index (χ2n) is 3.19. The topological polar surface area (TPSA) is 33.1 Å².